The van der Waals surface area contributed by atoms with Crippen LogP contribution in [0, 0.1) is 27.7 Å². The number of aromatic nitrogens is 4. The van der Waals surface area contributed by atoms with Gasteiger partial charge in [-0.25, -0.2) is 14.6 Å². The molecule has 0 radical (unpaired) electrons. The van der Waals surface area contributed by atoms with Crippen LogP contribution in [0.15, 0.2) is 48.5 Å². The van der Waals surface area contributed by atoms with E-state index >= 15 is 0 Å². The SMILES string of the molecule is Cc1ccc(N2CCN(c3nc4ccc(C)cc4nc3-n3nc(C)cc3C)CC2C)cc1. The third-order valence-corrected chi connectivity index (χ3v) is 6.29. The lowest BCUT2D eigenvalue weighted by Gasteiger charge is -2.42. The zero-order valence-electron chi connectivity index (χ0n) is 19.5. The van der Waals surface area contributed by atoms with Gasteiger partial charge in [0.1, 0.15) is 0 Å². The van der Waals surface area contributed by atoms with Crippen molar-refractivity contribution in [1.29, 1.82) is 0 Å². The molecule has 5 rings (SSSR count). The lowest BCUT2D eigenvalue weighted by Crippen LogP contribution is -2.52. The maximum Gasteiger partial charge on any atom is 0.197 e. The Morgan fingerprint density at radius 2 is 1.50 bits per heavy atom. The highest BCUT2D eigenvalue weighted by Gasteiger charge is 2.28. The summed E-state index contributed by atoms with van der Waals surface area (Å²) in [5, 5.41) is 4.73. The third-order valence-electron chi connectivity index (χ3n) is 6.29. The van der Waals surface area contributed by atoms with Gasteiger partial charge in [0.15, 0.2) is 11.6 Å². The minimum atomic E-state index is 0.357. The second-order valence-electron chi connectivity index (χ2n) is 9.03. The zero-order chi connectivity index (χ0) is 22.4. The maximum absolute atomic E-state index is 5.09. The largest absolute Gasteiger partial charge is 0.365 e. The number of rotatable bonds is 3. The van der Waals surface area contributed by atoms with Crippen LogP contribution in [0.25, 0.3) is 16.9 Å². The van der Waals surface area contributed by atoms with Gasteiger partial charge in [-0.15, -0.1) is 0 Å². The fourth-order valence-corrected chi connectivity index (χ4v) is 4.61. The van der Waals surface area contributed by atoms with E-state index in [1.807, 2.05) is 11.6 Å². The highest BCUT2D eigenvalue weighted by atomic mass is 15.4. The zero-order valence-corrected chi connectivity index (χ0v) is 19.5. The van der Waals surface area contributed by atoms with Gasteiger partial charge in [-0.2, -0.15) is 5.10 Å². The molecule has 3 heterocycles. The molecule has 32 heavy (non-hydrogen) atoms. The summed E-state index contributed by atoms with van der Waals surface area (Å²) in [6.45, 7) is 13.3. The number of aryl methyl sites for hydroxylation is 4. The monoisotopic (exact) mass is 426 g/mol. The summed E-state index contributed by atoms with van der Waals surface area (Å²) in [7, 11) is 0. The summed E-state index contributed by atoms with van der Waals surface area (Å²) in [6, 6.07) is 17.5. The maximum atomic E-state index is 5.09. The Kier molecular flexibility index (Phi) is 5.08. The first kappa shape index (κ1) is 20.5. The highest BCUT2D eigenvalue weighted by Crippen LogP contribution is 2.29. The molecule has 0 aliphatic carbocycles. The summed E-state index contributed by atoms with van der Waals surface area (Å²) in [4.78, 5) is 15.0. The van der Waals surface area contributed by atoms with Gasteiger partial charge in [0.05, 0.1) is 16.7 Å². The van der Waals surface area contributed by atoms with E-state index in [0.29, 0.717) is 6.04 Å². The number of nitrogens with zero attached hydrogens (tertiary/aromatic N) is 6. The molecule has 0 amide bonds. The van der Waals surface area contributed by atoms with Gasteiger partial charge in [-0.05, 0) is 70.5 Å². The lowest BCUT2D eigenvalue weighted by molar-refractivity contribution is 0.546. The summed E-state index contributed by atoms with van der Waals surface area (Å²) in [5.41, 5.74) is 7.62. The molecule has 0 bridgehead atoms. The van der Waals surface area contributed by atoms with Crippen molar-refractivity contribution in [3.63, 3.8) is 0 Å². The lowest BCUT2D eigenvalue weighted by atomic mass is 10.1. The fourth-order valence-electron chi connectivity index (χ4n) is 4.61. The van der Waals surface area contributed by atoms with Gasteiger partial charge in [-0.3, -0.25) is 0 Å². The van der Waals surface area contributed by atoms with E-state index in [9.17, 15) is 0 Å². The number of benzene rings is 2. The molecule has 1 atom stereocenters. The molecule has 4 aromatic rings. The van der Waals surface area contributed by atoms with E-state index < -0.39 is 0 Å². The van der Waals surface area contributed by atoms with Crippen LogP contribution < -0.4 is 9.80 Å². The van der Waals surface area contributed by atoms with Gasteiger partial charge in [0.2, 0.25) is 0 Å². The van der Waals surface area contributed by atoms with Crippen LogP contribution in [0.5, 0.6) is 0 Å². The van der Waals surface area contributed by atoms with E-state index in [-0.39, 0.29) is 0 Å². The number of hydrogen-bond acceptors (Lipinski definition) is 5. The Hall–Kier alpha value is -3.41. The summed E-state index contributed by atoms with van der Waals surface area (Å²) >= 11 is 0. The first-order valence-corrected chi connectivity index (χ1v) is 11.3. The molecular weight excluding hydrogens is 396 g/mol. The van der Waals surface area contributed by atoms with Crippen LogP contribution in [0.4, 0.5) is 11.5 Å². The molecule has 0 spiro atoms. The molecule has 6 heteroatoms. The van der Waals surface area contributed by atoms with Crippen molar-refractivity contribution in [2.75, 3.05) is 29.4 Å². The molecule has 1 aliphatic rings. The standard InChI is InChI=1S/C26H30N6/c1-17-6-9-22(10-7-17)31-13-12-30(16-21(31)5)25-26(32-20(4)15-19(3)29-32)28-24-14-18(2)8-11-23(24)27-25/h6-11,14-15,21H,12-13,16H2,1-5H3. The Morgan fingerprint density at radius 3 is 2.19 bits per heavy atom. The van der Waals surface area contributed by atoms with Crippen molar-refractivity contribution in [1.82, 2.24) is 19.7 Å². The van der Waals surface area contributed by atoms with E-state index in [2.05, 4.69) is 86.0 Å². The number of fused-ring (bicyclic) bond motifs is 1. The molecule has 2 aromatic heterocycles. The quantitative estimate of drug-likeness (QED) is 0.473. The van der Waals surface area contributed by atoms with Crippen LogP contribution >= 0.6 is 0 Å². The van der Waals surface area contributed by atoms with Gasteiger partial charge in [0.25, 0.3) is 0 Å². The topological polar surface area (TPSA) is 50.1 Å². The number of piperazine rings is 1. The van der Waals surface area contributed by atoms with E-state index in [1.165, 1.54) is 16.8 Å². The average molecular weight is 427 g/mol. The average Bonchev–Trinajstić information content (AvgIpc) is 3.11. The molecular formula is C26H30N6. The summed E-state index contributed by atoms with van der Waals surface area (Å²) in [6.07, 6.45) is 0. The van der Waals surface area contributed by atoms with Crippen LogP contribution in [0.3, 0.4) is 0 Å². The molecule has 164 valence electrons. The Labute approximate surface area is 189 Å². The van der Waals surface area contributed by atoms with Gasteiger partial charge in [-0.1, -0.05) is 23.8 Å². The highest BCUT2D eigenvalue weighted by molar-refractivity contribution is 5.79. The third kappa shape index (κ3) is 3.70. The Morgan fingerprint density at radius 1 is 0.781 bits per heavy atom. The van der Waals surface area contributed by atoms with Crippen molar-refractivity contribution >= 4 is 22.5 Å². The van der Waals surface area contributed by atoms with Crippen molar-refractivity contribution in [2.24, 2.45) is 0 Å². The van der Waals surface area contributed by atoms with Crippen molar-refractivity contribution in [3.8, 4) is 5.82 Å². The predicted molar refractivity (Wildman–Crippen MR) is 131 cm³/mol. The van der Waals surface area contributed by atoms with Crippen molar-refractivity contribution < 1.29 is 0 Å². The van der Waals surface area contributed by atoms with Crippen LogP contribution in [-0.4, -0.2) is 45.4 Å². The minimum Gasteiger partial charge on any atom is -0.365 e. The molecule has 1 unspecified atom stereocenters. The molecule has 1 aliphatic heterocycles. The van der Waals surface area contributed by atoms with Crippen molar-refractivity contribution in [2.45, 2.75) is 40.7 Å². The first-order chi connectivity index (χ1) is 15.4. The molecule has 2 aromatic carbocycles. The van der Waals surface area contributed by atoms with Gasteiger partial charge in [0, 0.05) is 37.1 Å². The number of hydrogen-bond donors (Lipinski definition) is 0. The normalized spacial score (nSPS) is 16.7. The van der Waals surface area contributed by atoms with Gasteiger partial charge < -0.3 is 9.80 Å². The number of anilines is 2. The van der Waals surface area contributed by atoms with Crippen LogP contribution in [-0.2, 0) is 0 Å². The smallest absolute Gasteiger partial charge is 0.197 e. The Bertz CT molecular complexity index is 1270. The van der Waals surface area contributed by atoms with Crippen LogP contribution in [0.1, 0.15) is 29.4 Å². The predicted octanol–water partition coefficient (Wildman–Crippen LogP) is 4.76. The Balaban J connectivity index is 1.54. The minimum absolute atomic E-state index is 0.357. The first-order valence-electron chi connectivity index (χ1n) is 11.3. The molecule has 1 saturated heterocycles. The molecule has 6 nitrogen and oxygen atoms in total. The van der Waals surface area contributed by atoms with Crippen molar-refractivity contribution in [3.05, 3.63) is 71.0 Å². The van der Waals surface area contributed by atoms with Crippen LogP contribution in [0.2, 0.25) is 0 Å². The fraction of sp³-hybridized carbons (Fsp3) is 0.346. The second kappa shape index (κ2) is 7.93. The molecule has 0 saturated carbocycles. The van der Waals surface area contributed by atoms with E-state index in [0.717, 1.165) is 53.7 Å². The molecule has 1 fully saturated rings. The van der Waals surface area contributed by atoms with Gasteiger partial charge >= 0.3 is 0 Å². The summed E-state index contributed by atoms with van der Waals surface area (Å²) in [5.74, 6) is 1.72. The van der Waals surface area contributed by atoms with E-state index in [4.69, 9.17) is 15.1 Å². The van der Waals surface area contributed by atoms with E-state index in [1.54, 1.807) is 0 Å². The second-order valence-corrected chi connectivity index (χ2v) is 9.03. The molecule has 0 N–H and O–H groups in total. The summed E-state index contributed by atoms with van der Waals surface area (Å²) < 4.78 is 1.94.